The summed E-state index contributed by atoms with van der Waals surface area (Å²) in [6, 6.07) is 8.05. The van der Waals surface area contributed by atoms with Crippen molar-refractivity contribution in [2.45, 2.75) is 32.8 Å². The maximum Gasteiger partial charge on any atom is 0.418 e. The predicted molar refractivity (Wildman–Crippen MR) is 127 cm³/mol. The molecule has 0 unspecified atom stereocenters. The van der Waals surface area contributed by atoms with Gasteiger partial charge in [-0.05, 0) is 48.4 Å². The summed E-state index contributed by atoms with van der Waals surface area (Å²) in [6.07, 6.45) is -7.97. The minimum Gasteiger partial charge on any atom is -0.451 e. The van der Waals surface area contributed by atoms with Gasteiger partial charge in [0.25, 0.3) is 0 Å². The highest BCUT2D eigenvalue weighted by atomic mass is 19.4. The molecule has 4 heterocycles. The summed E-state index contributed by atoms with van der Waals surface area (Å²) in [5.41, 5.74) is -1.26. The second-order valence-corrected chi connectivity index (χ2v) is 9.07. The minimum absolute atomic E-state index is 0.0427. The number of anilines is 2. The Bertz CT molecular complexity index is 1520. The quantitative estimate of drug-likeness (QED) is 0.233. The number of alkyl halides is 6. The molecule has 1 aromatic carbocycles. The number of nitrogens with one attached hydrogen (secondary N) is 1. The first-order valence-corrected chi connectivity index (χ1v) is 11.5. The molecule has 0 atom stereocenters. The lowest BCUT2D eigenvalue weighted by Gasteiger charge is -2.25. The van der Waals surface area contributed by atoms with Gasteiger partial charge in [-0.15, -0.1) is 0 Å². The van der Waals surface area contributed by atoms with E-state index in [2.05, 4.69) is 20.3 Å². The van der Waals surface area contributed by atoms with Crippen molar-refractivity contribution < 1.29 is 35.8 Å². The van der Waals surface area contributed by atoms with Crippen molar-refractivity contribution >= 4 is 22.4 Å². The van der Waals surface area contributed by atoms with E-state index < -0.39 is 23.5 Å². The number of aromatic nitrogens is 3. The Morgan fingerprint density at radius 1 is 0.974 bits per heavy atom. The zero-order valence-corrected chi connectivity index (χ0v) is 20.0. The van der Waals surface area contributed by atoms with Crippen LogP contribution in [0.25, 0.3) is 22.4 Å². The minimum atomic E-state index is -4.65. The van der Waals surface area contributed by atoms with Crippen LogP contribution in [0.1, 0.15) is 30.7 Å². The average Bonchev–Trinajstić information content (AvgIpc) is 2.85. The SMILES string of the molecule is CC(C)COCc1nc2nc(-c3ncccc3C(F)(F)F)ccc2c2c1Oc1cc(C(F)(F)F)ccc1N2. The summed E-state index contributed by atoms with van der Waals surface area (Å²) in [6.45, 7) is 4.19. The van der Waals surface area contributed by atoms with E-state index in [9.17, 15) is 26.3 Å². The van der Waals surface area contributed by atoms with Gasteiger partial charge in [-0.1, -0.05) is 13.8 Å². The van der Waals surface area contributed by atoms with Gasteiger partial charge in [0.2, 0.25) is 0 Å². The molecule has 38 heavy (non-hydrogen) atoms. The molecular formula is C26H20F6N4O2. The molecule has 0 radical (unpaired) electrons. The normalized spacial score (nSPS) is 13.2. The molecule has 0 saturated carbocycles. The van der Waals surface area contributed by atoms with Crippen molar-refractivity contribution in [3.8, 4) is 22.9 Å². The van der Waals surface area contributed by atoms with Crippen molar-refractivity contribution in [1.29, 1.82) is 0 Å². The zero-order chi connectivity index (χ0) is 27.2. The Hall–Kier alpha value is -3.93. The molecule has 1 N–H and O–H groups in total. The van der Waals surface area contributed by atoms with Gasteiger partial charge in [-0.3, -0.25) is 4.98 Å². The van der Waals surface area contributed by atoms with Gasteiger partial charge in [0, 0.05) is 18.2 Å². The molecule has 4 aromatic rings. The number of nitrogens with zero attached hydrogens (tertiary/aromatic N) is 3. The molecule has 1 aliphatic heterocycles. The molecule has 12 heteroatoms. The van der Waals surface area contributed by atoms with E-state index in [1.165, 1.54) is 30.5 Å². The second-order valence-electron chi connectivity index (χ2n) is 9.07. The van der Waals surface area contributed by atoms with Crippen LogP contribution in [0.3, 0.4) is 0 Å². The summed E-state index contributed by atoms with van der Waals surface area (Å²) in [5.74, 6) is 0.290. The van der Waals surface area contributed by atoms with Gasteiger partial charge >= 0.3 is 12.4 Å². The van der Waals surface area contributed by atoms with Crippen molar-refractivity contribution in [2.75, 3.05) is 11.9 Å². The molecule has 1 aliphatic rings. The lowest BCUT2D eigenvalue weighted by molar-refractivity contribution is -0.138. The van der Waals surface area contributed by atoms with E-state index in [4.69, 9.17) is 9.47 Å². The zero-order valence-electron chi connectivity index (χ0n) is 20.0. The smallest absolute Gasteiger partial charge is 0.418 e. The van der Waals surface area contributed by atoms with Crippen molar-refractivity contribution in [3.63, 3.8) is 0 Å². The maximum atomic E-state index is 13.6. The topological polar surface area (TPSA) is 69.2 Å². The standard InChI is InChI=1S/C26H20F6N4O2/c1-13(2)11-37-12-19-23-21(34-17-7-5-14(25(27,28)29)10-20(17)38-23)15-6-8-18(35-24(15)36-19)22-16(26(30,31)32)4-3-9-33-22/h3-10,13,34H,11-12H2,1-2H3. The Balaban J connectivity index is 1.64. The molecule has 0 aliphatic carbocycles. The van der Waals surface area contributed by atoms with Crippen LogP contribution in [0.4, 0.5) is 37.7 Å². The molecule has 6 nitrogen and oxygen atoms in total. The first-order valence-electron chi connectivity index (χ1n) is 11.5. The summed E-state index contributed by atoms with van der Waals surface area (Å²) in [5, 5.41) is 3.47. The number of hydrogen-bond acceptors (Lipinski definition) is 6. The van der Waals surface area contributed by atoms with Crippen molar-refractivity contribution in [1.82, 2.24) is 15.0 Å². The first-order chi connectivity index (χ1) is 17.9. The maximum absolute atomic E-state index is 13.6. The van der Waals surface area contributed by atoms with E-state index >= 15 is 0 Å². The molecule has 0 spiro atoms. The van der Waals surface area contributed by atoms with Crippen LogP contribution in [-0.4, -0.2) is 21.6 Å². The summed E-state index contributed by atoms with van der Waals surface area (Å²) < 4.78 is 92.2. The number of benzene rings is 1. The van der Waals surface area contributed by atoms with Gasteiger partial charge in [0.05, 0.1) is 34.8 Å². The second kappa shape index (κ2) is 9.43. The number of halogens is 6. The third kappa shape index (κ3) is 4.95. The van der Waals surface area contributed by atoms with E-state index in [1.807, 2.05) is 13.8 Å². The number of fused-ring (bicyclic) bond motifs is 4. The van der Waals surface area contributed by atoms with Gasteiger partial charge in [-0.2, -0.15) is 26.3 Å². The van der Waals surface area contributed by atoms with Gasteiger partial charge in [0.15, 0.2) is 17.1 Å². The summed E-state index contributed by atoms with van der Waals surface area (Å²) in [4.78, 5) is 12.7. The van der Waals surface area contributed by atoms with Crippen LogP contribution >= 0.6 is 0 Å². The third-order valence-electron chi connectivity index (χ3n) is 5.70. The Morgan fingerprint density at radius 2 is 1.76 bits per heavy atom. The number of hydrogen-bond donors (Lipinski definition) is 1. The van der Waals surface area contributed by atoms with Gasteiger partial charge in [-0.25, -0.2) is 9.97 Å². The lowest BCUT2D eigenvalue weighted by atomic mass is 10.1. The molecule has 3 aromatic heterocycles. The highest BCUT2D eigenvalue weighted by Crippen LogP contribution is 2.48. The lowest BCUT2D eigenvalue weighted by Crippen LogP contribution is -2.12. The fourth-order valence-electron chi connectivity index (χ4n) is 4.00. The Labute approximate surface area is 212 Å². The molecule has 0 saturated heterocycles. The number of rotatable bonds is 5. The van der Waals surface area contributed by atoms with E-state index in [1.54, 1.807) is 0 Å². The molecular weight excluding hydrogens is 514 g/mol. The Morgan fingerprint density at radius 3 is 2.47 bits per heavy atom. The fourth-order valence-corrected chi connectivity index (χ4v) is 4.00. The van der Waals surface area contributed by atoms with E-state index in [0.29, 0.717) is 17.7 Å². The van der Waals surface area contributed by atoms with Crippen molar-refractivity contribution in [3.05, 3.63) is 65.5 Å². The van der Waals surface area contributed by atoms with Crippen LogP contribution in [0.5, 0.6) is 11.5 Å². The predicted octanol–water partition coefficient (Wildman–Crippen LogP) is 7.75. The van der Waals surface area contributed by atoms with E-state index in [0.717, 1.165) is 18.2 Å². The van der Waals surface area contributed by atoms with Crippen molar-refractivity contribution in [2.24, 2.45) is 5.92 Å². The van der Waals surface area contributed by atoms with Crippen LogP contribution in [0, 0.1) is 5.92 Å². The molecule has 0 amide bonds. The molecule has 0 fully saturated rings. The third-order valence-corrected chi connectivity index (χ3v) is 5.70. The summed E-state index contributed by atoms with van der Waals surface area (Å²) in [7, 11) is 0. The number of pyridine rings is 3. The first kappa shape index (κ1) is 25.7. The Kier molecular flexibility index (Phi) is 6.38. The van der Waals surface area contributed by atoms with Gasteiger partial charge in [0.1, 0.15) is 11.4 Å². The highest BCUT2D eigenvalue weighted by Gasteiger charge is 2.35. The molecule has 198 valence electrons. The largest absolute Gasteiger partial charge is 0.451 e. The fraction of sp³-hybridized carbons (Fsp3) is 0.269. The summed E-state index contributed by atoms with van der Waals surface area (Å²) >= 11 is 0. The highest BCUT2D eigenvalue weighted by molar-refractivity contribution is 5.98. The number of ether oxygens (including phenoxy) is 2. The molecule has 5 rings (SSSR count). The van der Waals surface area contributed by atoms with Gasteiger partial charge < -0.3 is 14.8 Å². The van der Waals surface area contributed by atoms with Crippen LogP contribution in [0.2, 0.25) is 0 Å². The monoisotopic (exact) mass is 534 g/mol. The average molecular weight is 534 g/mol. The van der Waals surface area contributed by atoms with Crippen LogP contribution in [-0.2, 0) is 23.7 Å². The molecule has 0 bridgehead atoms. The van der Waals surface area contributed by atoms with Crippen LogP contribution in [0.15, 0.2) is 48.7 Å². The van der Waals surface area contributed by atoms with Crippen LogP contribution < -0.4 is 10.1 Å². The van der Waals surface area contributed by atoms with E-state index in [-0.39, 0.29) is 52.4 Å².